The second-order valence-corrected chi connectivity index (χ2v) is 5.22. The van der Waals surface area contributed by atoms with Gasteiger partial charge in [0.1, 0.15) is 5.82 Å². The molecule has 0 aliphatic carbocycles. The molecule has 2 aromatic rings. The van der Waals surface area contributed by atoms with Crippen LogP contribution in [0.2, 0.25) is 0 Å². The lowest BCUT2D eigenvalue weighted by Gasteiger charge is -2.19. The molecule has 0 bridgehead atoms. The fourth-order valence-corrected chi connectivity index (χ4v) is 2.30. The quantitative estimate of drug-likeness (QED) is 0.762. The van der Waals surface area contributed by atoms with Gasteiger partial charge in [-0.15, -0.1) is 0 Å². The van der Waals surface area contributed by atoms with E-state index in [1.165, 1.54) is 18.2 Å². The Morgan fingerprint density at radius 3 is 2.67 bits per heavy atom. The van der Waals surface area contributed by atoms with Crippen LogP contribution < -0.4 is 10.6 Å². The lowest BCUT2D eigenvalue weighted by Crippen LogP contribution is -2.38. The van der Waals surface area contributed by atoms with Gasteiger partial charge in [-0.25, -0.2) is 9.18 Å². The molecular formula is C18H18FN3O2. The van der Waals surface area contributed by atoms with Gasteiger partial charge >= 0.3 is 6.03 Å². The van der Waals surface area contributed by atoms with Crippen molar-refractivity contribution >= 4 is 6.03 Å². The normalized spacial score (nSPS) is 11.4. The number of urea groups is 1. The van der Waals surface area contributed by atoms with Crippen LogP contribution in [-0.4, -0.2) is 17.7 Å². The molecule has 0 spiro atoms. The highest BCUT2D eigenvalue weighted by atomic mass is 19.1. The van der Waals surface area contributed by atoms with Gasteiger partial charge in [0.25, 0.3) is 0 Å². The Morgan fingerprint density at radius 1 is 1.25 bits per heavy atom. The lowest BCUT2D eigenvalue weighted by molar-refractivity contribution is 0.229. The zero-order valence-electron chi connectivity index (χ0n) is 13.0. The maximum Gasteiger partial charge on any atom is 0.315 e. The van der Waals surface area contributed by atoms with E-state index >= 15 is 0 Å². The topological polar surface area (TPSA) is 85.2 Å². The minimum Gasteiger partial charge on any atom is -0.396 e. The summed E-state index contributed by atoms with van der Waals surface area (Å²) < 4.78 is 13.7. The molecule has 0 heterocycles. The number of aliphatic hydroxyl groups is 1. The van der Waals surface area contributed by atoms with Crippen LogP contribution in [0.5, 0.6) is 0 Å². The maximum atomic E-state index is 13.7. The van der Waals surface area contributed by atoms with Gasteiger partial charge in [-0.05, 0) is 30.2 Å². The van der Waals surface area contributed by atoms with Crippen LogP contribution in [-0.2, 0) is 6.54 Å². The minimum absolute atomic E-state index is 0.0339. The third kappa shape index (κ3) is 4.80. The summed E-state index contributed by atoms with van der Waals surface area (Å²) in [6, 6.07) is 14.4. The SMILES string of the molecule is N#Cc1ccc(F)c(CNC(=O)N[C@H](CCO)c2ccccc2)c1. The van der Waals surface area contributed by atoms with Crippen LogP contribution in [0, 0.1) is 17.1 Å². The van der Waals surface area contributed by atoms with Crippen molar-refractivity contribution < 1.29 is 14.3 Å². The largest absolute Gasteiger partial charge is 0.396 e. The molecule has 0 aliphatic heterocycles. The van der Waals surface area contributed by atoms with Crippen LogP contribution in [0.4, 0.5) is 9.18 Å². The molecule has 5 nitrogen and oxygen atoms in total. The molecule has 6 heteroatoms. The second kappa shape index (κ2) is 8.65. The van der Waals surface area contributed by atoms with Gasteiger partial charge in [-0.1, -0.05) is 30.3 Å². The van der Waals surface area contributed by atoms with Gasteiger partial charge in [-0.3, -0.25) is 0 Å². The van der Waals surface area contributed by atoms with Crippen LogP contribution >= 0.6 is 0 Å². The number of nitrogens with one attached hydrogen (secondary N) is 2. The number of carbonyl (C=O) groups is 1. The molecule has 124 valence electrons. The molecule has 0 unspecified atom stereocenters. The zero-order valence-corrected chi connectivity index (χ0v) is 13.0. The summed E-state index contributed by atoms with van der Waals surface area (Å²) in [5.74, 6) is -0.482. The van der Waals surface area contributed by atoms with Crippen molar-refractivity contribution in [2.45, 2.75) is 19.0 Å². The summed E-state index contributed by atoms with van der Waals surface area (Å²) >= 11 is 0. The number of hydrogen-bond donors (Lipinski definition) is 3. The van der Waals surface area contributed by atoms with Crippen molar-refractivity contribution in [3.63, 3.8) is 0 Å². The van der Waals surface area contributed by atoms with Gasteiger partial charge in [0.15, 0.2) is 0 Å². The number of nitriles is 1. The van der Waals surface area contributed by atoms with E-state index in [2.05, 4.69) is 10.6 Å². The standard InChI is InChI=1S/C18H18FN3O2/c19-16-7-6-13(11-20)10-15(16)12-21-18(24)22-17(8-9-23)14-4-2-1-3-5-14/h1-7,10,17,23H,8-9,12H2,(H2,21,22,24)/t17-/m1/s1. The van der Waals surface area contributed by atoms with Gasteiger partial charge < -0.3 is 15.7 Å². The Kier molecular flexibility index (Phi) is 6.29. The molecule has 0 fully saturated rings. The van der Waals surface area contributed by atoms with Crippen molar-refractivity contribution in [2.24, 2.45) is 0 Å². The summed E-state index contributed by atoms with van der Waals surface area (Å²) in [4.78, 5) is 12.0. The van der Waals surface area contributed by atoms with Crippen LogP contribution in [0.3, 0.4) is 0 Å². The molecule has 2 amide bonds. The predicted octanol–water partition coefficient (Wildman–Crippen LogP) is 2.62. The molecule has 3 N–H and O–H groups in total. The van der Waals surface area contributed by atoms with E-state index < -0.39 is 11.8 Å². The van der Waals surface area contributed by atoms with Crippen molar-refractivity contribution in [1.82, 2.24) is 10.6 Å². The van der Waals surface area contributed by atoms with Crippen molar-refractivity contribution in [3.05, 3.63) is 71.0 Å². The molecule has 0 aliphatic rings. The van der Waals surface area contributed by atoms with E-state index in [0.717, 1.165) is 5.56 Å². The Labute approximate surface area is 139 Å². The van der Waals surface area contributed by atoms with Crippen molar-refractivity contribution in [2.75, 3.05) is 6.61 Å². The third-order valence-electron chi connectivity index (χ3n) is 3.54. The number of hydrogen-bond acceptors (Lipinski definition) is 3. The van der Waals surface area contributed by atoms with Crippen LogP contribution in [0.15, 0.2) is 48.5 Å². The third-order valence-corrected chi connectivity index (χ3v) is 3.54. The van der Waals surface area contributed by atoms with E-state index in [4.69, 9.17) is 10.4 Å². The van der Waals surface area contributed by atoms with Gasteiger partial charge in [0.05, 0.1) is 17.7 Å². The first kappa shape index (κ1) is 17.4. The number of nitrogens with zero attached hydrogens (tertiary/aromatic N) is 1. The number of carbonyl (C=O) groups excluding carboxylic acids is 1. The molecule has 0 saturated heterocycles. The first-order valence-electron chi connectivity index (χ1n) is 7.52. The highest BCUT2D eigenvalue weighted by Crippen LogP contribution is 2.16. The summed E-state index contributed by atoms with van der Waals surface area (Å²) in [7, 11) is 0. The lowest BCUT2D eigenvalue weighted by atomic mass is 10.0. The van der Waals surface area contributed by atoms with Gasteiger partial charge in [0.2, 0.25) is 0 Å². The van der Waals surface area contributed by atoms with E-state index in [9.17, 15) is 9.18 Å². The summed E-state index contributed by atoms with van der Waals surface area (Å²) in [6.07, 6.45) is 0.371. The van der Waals surface area contributed by atoms with Gasteiger partial charge in [0, 0.05) is 18.7 Å². The zero-order chi connectivity index (χ0) is 17.4. The molecule has 0 saturated carbocycles. The minimum atomic E-state index is -0.482. The Bertz CT molecular complexity index is 729. The first-order chi connectivity index (χ1) is 11.6. The van der Waals surface area contributed by atoms with E-state index in [1.807, 2.05) is 36.4 Å². The predicted molar refractivity (Wildman–Crippen MR) is 87.4 cm³/mol. The summed E-state index contributed by atoms with van der Waals surface area (Å²) in [5.41, 5.74) is 1.44. The molecule has 0 aromatic heterocycles. The molecule has 2 rings (SSSR count). The molecular weight excluding hydrogens is 309 g/mol. The first-order valence-corrected chi connectivity index (χ1v) is 7.52. The van der Waals surface area contributed by atoms with Crippen LogP contribution in [0.25, 0.3) is 0 Å². The fourth-order valence-electron chi connectivity index (χ4n) is 2.30. The number of halogens is 1. The molecule has 0 radical (unpaired) electrons. The smallest absolute Gasteiger partial charge is 0.315 e. The van der Waals surface area contributed by atoms with E-state index in [0.29, 0.717) is 12.0 Å². The highest BCUT2D eigenvalue weighted by molar-refractivity contribution is 5.74. The van der Waals surface area contributed by atoms with Crippen molar-refractivity contribution in [3.8, 4) is 6.07 Å². The van der Waals surface area contributed by atoms with Gasteiger partial charge in [-0.2, -0.15) is 5.26 Å². The fraction of sp³-hybridized carbons (Fsp3) is 0.222. The summed E-state index contributed by atoms with van der Waals surface area (Å²) in [5, 5.41) is 23.3. The van der Waals surface area contributed by atoms with E-state index in [-0.39, 0.29) is 24.8 Å². The van der Waals surface area contributed by atoms with E-state index in [1.54, 1.807) is 0 Å². The monoisotopic (exact) mass is 327 g/mol. The van der Waals surface area contributed by atoms with Crippen molar-refractivity contribution in [1.29, 1.82) is 5.26 Å². The number of rotatable bonds is 6. The molecule has 2 aromatic carbocycles. The van der Waals surface area contributed by atoms with Crippen LogP contribution in [0.1, 0.15) is 29.2 Å². The average Bonchev–Trinajstić information content (AvgIpc) is 2.61. The number of amides is 2. The Morgan fingerprint density at radius 2 is 2.00 bits per heavy atom. The Hall–Kier alpha value is -2.91. The average molecular weight is 327 g/mol. The molecule has 24 heavy (non-hydrogen) atoms. The second-order valence-electron chi connectivity index (χ2n) is 5.22. The highest BCUT2D eigenvalue weighted by Gasteiger charge is 2.14. The molecule has 1 atom stereocenters. The number of aliphatic hydroxyl groups excluding tert-OH is 1. The maximum absolute atomic E-state index is 13.7. The number of benzene rings is 2. The Balaban J connectivity index is 1.98. The summed E-state index contributed by atoms with van der Waals surface area (Å²) in [6.45, 7) is -0.105.